The topological polar surface area (TPSA) is 53.5 Å². The van der Waals surface area contributed by atoms with Crippen molar-refractivity contribution in [2.75, 3.05) is 5.32 Å². The van der Waals surface area contributed by atoms with Crippen molar-refractivity contribution >= 4 is 28.9 Å². The summed E-state index contributed by atoms with van der Waals surface area (Å²) in [6, 6.07) is 14.3. The van der Waals surface area contributed by atoms with Gasteiger partial charge in [0, 0.05) is 11.3 Å². The highest BCUT2D eigenvalue weighted by Crippen LogP contribution is 2.47. The van der Waals surface area contributed by atoms with Crippen LogP contribution in [0.1, 0.15) is 11.1 Å². The van der Waals surface area contributed by atoms with Crippen molar-refractivity contribution in [3.63, 3.8) is 0 Å². The lowest BCUT2D eigenvalue weighted by molar-refractivity contribution is -0.118. The molecule has 0 aromatic heterocycles. The molecule has 5 heteroatoms. The van der Waals surface area contributed by atoms with Crippen LogP contribution >= 0.6 is 11.8 Å². The van der Waals surface area contributed by atoms with E-state index in [1.54, 1.807) is 5.55 Å². The molecule has 2 heterocycles. The summed E-state index contributed by atoms with van der Waals surface area (Å²) >= 11 is 1.40. The van der Waals surface area contributed by atoms with Gasteiger partial charge in [-0.2, -0.15) is 5.10 Å². The summed E-state index contributed by atoms with van der Waals surface area (Å²) < 4.78 is 0. The molecule has 104 valence electrons. The zero-order valence-electron chi connectivity index (χ0n) is 11.4. The Balaban J connectivity index is 1.91. The van der Waals surface area contributed by atoms with E-state index in [0.717, 1.165) is 27.9 Å². The van der Waals surface area contributed by atoms with Crippen LogP contribution < -0.4 is 10.7 Å². The highest BCUT2D eigenvalue weighted by atomic mass is 32.2. The molecule has 0 fully saturated rings. The Kier molecular flexibility index (Phi) is 2.59. The molecule has 0 bridgehead atoms. The molecule has 0 saturated heterocycles. The third-order valence-electron chi connectivity index (χ3n) is 3.90. The van der Waals surface area contributed by atoms with Crippen LogP contribution in [0.5, 0.6) is 0 Å². The highest BCUT2D eigenvalue weighted by molar-refractivity contribution is 8.13. The molecule has 2 aliphatic rings. The standard InChI is InChI=1S/C16H13N3OS/c1-10-7-14-13(8-12(10)11-5-3-2-4-6-11)16(15(20)18-14)19-17-9-21-16/h2-9,19H,1H3,(H,18,20). The second-order valence-corrected chi connectivity index (χ2v) is 6.24. The third kappa shape index (κ3) is 1.70. The Bertz CT molecular complexity index is 763. The van der Waals surface area contributed by atoms with Crippen LogP contribution in [0.15, 0.2) is 47.6 Å². The van der Waals surface area contributed by atoms with Gasteiger partial charge in [-0.15, -0.1) is 0 Å². The van der Waals surface area contributed by atoms with Gasteiger partial charge in [-0.05, 0) is 35.7 Å². The Morgan fingerprint density at radius 2 is 2.00 bits per heavy atom. The Labute approximate surface area is 126 Å². The maximum Gasteiger partial charge on any atom is 0.267 e. The molecule has 2 aromatic rings. The lowest BCUT2D eigenvalue weighted by Gasteiger charge is -2.20. The summed E-state index contributed by atoms with van der Waals surface area (Å²) in [6.07, 6.45) is 0. The predicted molar refractivity (Wildman–Crippen MR) is 86.1 cm³/mol. The minimum Gasteiger partial charge on any atom is -0.322 e. The fourth-order valence-corrected chi connectivity index (χ4v) is 3.66. The van der Waals surface area contributed by atoms with Crippen LogP contribution in [0, 0.1) is 6.92 Å². The van der Waals surface area contributed by atoms with Crippen LogP contribution in [-0.4, -0.2) is 11.5 Å². The summed E-state index contributed by atoms with van der Waals surface area (Å²) in [5.41, 5.74) is 9.87. The molecule has 1 spiro atoms. The minimum absolute atomic E-state index is 0.0652. The number of benzene rings is 2. The summed E-state index contributed by atoms with van der Waals surface area (Å²) in [4.78, 5) is 11.5. The fraction of sp³-hybridized carbons (Fsp3) is 0.125. The van der Waals surface area contributed by atoms with E-state index in [2.05, 4.69) is 41.0 Å². The molecule has 0 saturated carbocycles. The number of fused-ring (bicyclic) bond motifs is 2. The predicted octanol–water partition coefficient (Wildman–Crippen LogP) is 3.05. The van der Waals surface area contributed by atoms with E-state index in [1.807, 2.05) is 24.3 Å². The number of thioether (sulfide) groups is 1. The number of hydrogen-bond acceptors (Lipinski definition) is 4. The van der Waals surface area contributed by atoms with E-state index in [-0.39, 0.29) is 5.91 Å². The monoisotopic (exact) mass is 295 g/mol. The highest BCUT2D eigenvalue weighted by Gasteiger charge is 2.49. The average molecular weight is 295 g/mol. The molecule has 1 unspecified atom stereocenters. The minimum atomic E-state index is -0.813. The second kappa shape index (κ2) is 4.36. The van der Waals surface area contributed by atoms with Crippen molar-refractivity contribution in [1.82, 2.24) is 5.43 Å². The van der Waals surface area contributed by atoms with Crippen LogP contribution in [0.3, 0.4) is 0 Å². The van der Waals surface area contributed by atoms with Crippen LogP contribution in [0.4, 0.5) is 5.69 Å². The van der Waals surface area contributed by atoms with Crippen molar-refractivity contribution in [3.8, 4) is 11.1 Å². The van der Waals surface area contributed by atoms with E-state index >= 15 is 0 Å². The van der Waals surface area contributed by atoms with Gasteiger partial charge in [0.15, 0.2) is 0 Å². The smallest absolute Gasteiger partial charge is 0.267 e. The number of amides is 1. The Hall–Kier alpha value is -2.27. The molecule has 2 aliphatic heterocycles. The summed E-state index contributed by atoms with van der Waals surface area (Å²) in [5, 5.41) is 6.97. The first-order valence-corrected chi connectivity index (χ1v) is 7.57. The Morgan fingerprint density at radius 1 is 1.19 bits per heavy atom. The van der Waals surface area contributed by atoms with E-state index in [0.29, 0.717) is 0 Å². The van der Waals surface area contributed by atoms with Crippen LogP contribution in [-0.2, 0) is 9.67 Å². The lowest BCUT2D eigenvalue weighted by Crippen LogP contribution is -2.39. The van der Waals surface area contributed by atoms with E-state index in [9.17, 15) is 4.79 Å². The fourth-order valence-electron chi connectivity index (χ4n) is 2.84. The number of hydrazone groups is 1. The number of nitrogens with one attached hydrogen (secondary N) is 2. The molecule has 0 radical (unpaired) electrons. The zero-order chi connectivity index (χ0) is 14.4. The quantitative estimate of drug-likeness (QED) is 0.850. The van der Waals surface area contributed by atoms with Gasteiger partial charge in [0.25, 0.3) is 5.91 Å². The van der Waals surface area contributed by atoms with Gasteiger partial charge >= 0.3 is 0 Å². The van der Waals surface area contributed by atoms with E-state index in [1.165, 1.54) is 11.8 Å². The first kappa shape index (κ1) is 12.5. The largest absolute Gasteiger partial charge is 0.322 e. The van der Waals surface area contributed by atoms with Crippen LogP contribution in [0.25, 0.3) is 11.1 Å². The molecule has 0 aliphatic carbocycles. The third-order valence-corrected chi connectivity index (χ3v) is 4.96. The molecule has 4 nitrogen and oxygen atoms in total. The van der Waals surface area contributed by atoms with Crippen molar-refractivity contribution in [1.29, 1.82) is 0 Å². The van der Waals surface area contributed by atoms with Gasteiger partial charge < -0.3 is 5.32 Å². The van der Waals surface area contributed by atoms with Crippen molar-refractivity contribution in [2.45, 2.75) is 11.8 Å². The van der Waals surface area contributed by atoms with Crippen molar-refractivity contribution < 1.29 is 4.79 Å². The second-order valence-electron chi connectivity index (χ2n) is 5.18. The number of anilines is 1. The molecular formula is C16H13N3OS. The maximum atomic E-state index is 12.3. The van der Waals surface area contributed by atoms with Gasteiger partial charge in [0.1, 0.15) is 0 Å². The number of carbonyl (C=O) groups excluding carboxylic acids is 1. The van der Waals surface area contributed by atoms with E-state index < -0.39 is 4.87 Å². The molecule has 2 aromatic carbocycles. The number of carbonyl (C=O) groups is 1. The first-order valence-electron chi connectivity index (χ1n) is 6.69. The molecular weight excluding hydrogens is 282 g/mol. The summed E-state index contributed by atoms with van der Waals surface area (Å²) in [6.45, 7) is 2.06. The first-order chi connectivity index (χ1) is 10.2. The summed E-state index contributed by atoms with van der Waals surface area (Å²) in [7, 11) is 0. The SMILES string of the molecule is Cc1cc2c(cc1-c1ccccc1)C1(NN=CS1)C(=O)N2. The van der Waals surface area contributed by atoms with Crippen LogP contribution in [0.2, 0.25) is 0 Å². The molecule has 4 rings (SSSR count). The zero-order valence-corrected chi connectivity index (χ0v) is 12.2. The van der Waals surface area contributed by atoms with Crippen molar-refractivity contribution in [3.05, 3.63) is 53.6 Å². The molecule has 2 N–H and O–H groups in total. The van der Waals surface area contributed by atoms with Gasteiger partial charge in [-0.3, -0.25) is 10.2 Å². The average Bonchev–Trinajstić information content (AvgIpc) is 3.07. The number of hydrogen-bond donors (Lipinski definition) is 2. The Morgan fingerprint density at radius 3 is 2.71 bits per heavy atom. The van der Waals surface area contributed by atoms with Gasteiger partial charge in [0.2, 0.25) is 4.87 Å². The number of aryl methyl sites for hydroxylation is 1. The number of nitrogens with zero attached hydrogens (tertiary/aromatic N) is 1. The van der Waals surface area contributed by atoms with E-state index in [4.69, 9.17) is 0 Å². The van der Waals surface area contributed by atoms with Gasteiger partial charge in [-0.25, -0.2) is 0 Å². The normalized spacial score (nSPS) is 22.2. The molecule has 1 amide bonds. The molecule has 21 heavy (non-hydrogen) atoms. The lowest BCUT2D eigenvalue weighted by atomic mass is 9.95. The maximum absolute atomic E-state index is 12.3. The summed E-state index contributed by atoms with van der Waals surface area (Å²) in [5.74, 6) is -0.0652. The van der Waals surface area contributed by atoms with Gasteiger partial charge in [-0.1, -0.05) is 42.1 Å². The van der Waals surface area contributed by atoms with Crippen molar-refractivity contribution in [2.24, 2.45) is 5.10 Å². The number of rotatable bonds is 1. The molecule has 1 atom stereocenters. The van der Waals surface area contributed by atoms with Gasteiger partial charge in [0.05, 0.1) is 5.55 Å².